The highest BCUT2D eigenvalue weighted by Crippen LogP contribution is 2.27. The molecule has 12 heteroatoms. The van der Waals surface area contributed by atoms with E-state index in [1.54, 1.807) is 4.90 Å². The Labute approximate surface area is 267 Å². The third-order valence-corrected chi connectivity index (χ3v) is 8.41. The van der Waals surface area contributed by atoms with Crippen molar-refractivity contribution in [1.82, 2.24) is 31.3 Å². The molecule has 5 rings (SSSR count). The molecule has 242 valence electrons. The lowest BCUT2D eigenvalue weighted by atomic mass is 10.0. The first-order valence-electron chi connectivity index (χ1n) is 15.8. The topological polar surface area (TPSA) is 163 Å². The summed E-state index contributed by atoms with van der Waals surface area (Å²) in [5.41, 5.74) is 1.59. The van der Waals surface area contributed by atoms with Crippen molar-refractivity contribution in [3.8, 4) is 0 Å². The lowest BCUT2D eigenvalue weighted by Gasteiger charge is -2.26. The second kappa shape index (κ2) is 15.3. The smallest absolute Gasteiger partial charge is 0.274 e. The van der Waals surface area contributed by atoms with E-state index in [0.717, 1.165) is 36.8 Å². The van der Waals surface area contributed by atoms with Crippen LogP contribution in [0.25, 0.3) is 0 Å². The number of amides is 5. The van der Waals surface area contributed by atoms with Gasteiger partial charge in [0.1, 0.15) is 18.1 Å². The van der Waals surface area contributed by atoms with E-state index < -0.39 is 41.8 Å². The fourth-order valence-corrected chi connectivity index (χ4v) is 5.84. The second-order valence-electron chi connectivity index (χ2n) is 11.9. The second-order valence-corrected chi connectivity index (χ2v) is 11.9. The van der Waals surface area contributed by atoms with Crippen LogP contribution >= 0.6 is 0 Å². The van der Waals surface area contributed by atoms with Gasteiger partial charge in [-0.15, -0.1) is 0 Å². The average Bonchev–Trinajstić information content (AvgIpc) is 3.77. The van der Waals surface area contributed by atoms with Crippen LogP contribution in [0.1, 0.15) is 60.0 Å². The van der Waals surface area contributed by atoms with Gasteiger partial charge in [0.15, 0.2) is 11.5 Å². The van der Waals surface area contributed by atoms with Gasteiger partial charge in [-0.05, 0) is 30.9 Å². The molecule has 0 saturated heterocycles. The van der Waals surface area contributed by atoms with Crippen molar-refractivity contribution in [1.29, 1.82) is 0 Å². The van der Waals surface area contributed by atoms with Crippen molar-refractivity contribution in [2.45, 2.75) is 70.1 Å². The van der Waals surface area contributed by atoms with E-state index in [0.29, 0.717) is 5.76 Å². The molecule has 4 N–H and O–H groups in total. The van der Waals surface area contributed by atoms with Crippen molar-refractivity contribution in [2.75, 3.05) is 13.1 Å². The Hall–Kier alpha value is -5.00. The van der Waals surface area contributed by atoms with Crippen molar-refractivity contribution < 1.29 is 28.5 Å². The molecule has 0 unspecified atom stereocenters. The standard InChI is InChI=1S/C34H40N6O6/c1-22-30(41)37-28(19-24-12-6-3-7-13-24)32(43)38-27(18-23-10-4-2-5-11-23)31(42)35-16-17-40(34(45)25-14-8-9-15-25)21-26-20-29(39-46-26)33(44)36-22/h2-7,10-13,20,22,25,27-28H,8-9,14-19,21H2,1H3,(H,35,42)(H,36,44)(H,37,41)(H,38,43)/t22-,27+,28-/m0/s1. The lowest BCUT2D eigenvalue weighted by Crippen LogP contribution is -2.57. The largest absolute Gasteiger partial charge is 0.359 e. The van der Waals surface area contributed by atoms with E-state index in [1.807, 2.05) is 60.7 Å². The molecule has 2 aromatic carbocycles. The Morgan fingerprint density at radius 1 is 0.826 bits per heavy atom. The van der Waals surface area contributed by atoms with Crippen LogP contribution in [0.3, 0.4) is 0 Å². The Kier molecular flexibility index (Phi) is 10.8. The number of nitrogens with zero attached hydrogens (tertiary/aromatic N) is 2. The molecular weight excluding hydrogens is 588 g/mol. The third-order valence-electron chi connectivity index (χ3n) is 8.41. The summed E-state index contributed by atoms with van der Waals surface area (Å²) in [7, 11) is 0. The summed E-state index contributed by atoms with van der Waals surface area (Å²) in [5, 5.41) is 15.0. The van der Waals surface area contributed by atoms with E-state index in [-0.39, 0.29) is 50.0 Å². The number of hydrogen-bond acceptors (Lipinski definition) is 7. The zero-order chi connectivity index (χ0) is 32.5. The van der Waals surface area contributed by atoms with Gasteiger partial charge >= 0.3 is 0 Å². The molecule has 46 heavy (non-hydrogen) atoms. The van der Waals surface area contributed by atoms with Gasteiger partial charge in [-0.1, -0.05) is 78.7 Å². The average molecular weight is 629 g/mol. The number of fused-ring (bicyclic) bond motifs is 2. The van der Waals surface area contributed by atoms with Gasteiger partial charge < -0.3 is 30.7 Å². The van der Waals surface area contributed by atoms with E-state index >= 15 is 0 Å². The number of aromatic nitrogens is 1. The molecule has 3 aromatic rings. The highest BCUT2D eigenvalue weighted by Gasteiger charge is 2.31. The Bertz CT molecular complexity index is 1520. The molecule has 1 fully saturated rings. The van der Waals surface area contributed by atoms with Crippen LogP contribution in [-0.4, -0.2) is 70.8 Å². The summed E-state index contributed by atoms with van der Waals surface area (Å²) in [5.74, 6) is -2.06. The highest BCUT2D eigenvalue weighted by atomic mass is 16.5. The predicted molar refractivity (Wildman–Crippen MR) is 168 cm³/mol. The van der Waals surface area contributed by atoms with Crippen molar-refractivity contribution >= 4 is 29.5 Å². The molecule has 2 bridgehead atoms. The van der Waals surface area contributed by atoms with Crippen molar-refractivity contribution in [3.63, 3.8) is 0 Å². The number of carbonyl (C=O) groups excluding carboxylic acids is 5. The minimum atomic E-state index is -1.04. The monoisotopic (exact) mass is 628 g/mol. The van der Waals surface area contributed by atoms with Crippen molar-refractivity contribution in [2.24, 2.45) is 5.92 Å². The van der Waals surface area contributed by atoms with E-state index in [4.69, 9.17) is 4.52 Å². The number of rotatable bonds is 5. The summed E-state index contributed by atoms with van der Waals surface area (Å²) >= 11 is 0. The molecule has 5 amide bonds. The van der Waals surface area contributed by atoms with Crippen molar-refractivity contribution in [3.05, 3.63) is 89.3 Å². The molecule has 1 aromatic heterocycles. The maximum absolute atomic E-state index is 13.8. The van der Waals surface area contributed by atoms with Crippen LogP contribution in [-0.2, 0) is 38.6 Å². The predicted octanol–water partition coefficient (Wildman–Crippen LogP) is 1.90. The number of carbonyl (C=O) groups is 5. The molecule has 0 radical (unpaired) electrons. The number of hydrogen-bond donors (Lipinski definition) is 4. The Balaban J connectivity index is 1.43. The van der Waals surface area contributed by atoms with E-state index in [2.05, 4.69) is 26.4 Å². The van der Waals surface area contributed by atoms with Gasteiger partial charge in [0, 0.05) is 37.9 Å². The molecule has 12 nitrogen and oxygen atoms in total. The molecule has 1 aliphatic carbocycles. The summed E-state index contributed by atoms with van der Waals surface area (Å²) in [6.45, 7) is 1.88. The third kappa shape index (κ3) is 8.58. The molecular formula is C34H40N6O6. The van der Waals surface area contributed by atoms with Crippen LogP contribution in [0.15, 0.2) is 71.3 Å². The first-order valence-corrected chi connectivity index (χ1v) is 15.8. The maximum atomic E-state index is 13.8. The van der Waals surface area contributed by atoms with Gasteiger partial charge in [0.05, 0.1) is 6.54 Å². The molecule has 1 saturated carbocycles. The van der Waals surface area contributed by atoms with Crippen LogP contribution in [0.2, 0.25) is 0 Å². The van der Waals surface area contributed by atoms with E-state index in [1.165, 1.54) is 13.0 Å². The van der Waals surface area contributed by atoms with Crippen LogP contribution in [0, 0.1) is 5.92 Å². The van der Waals surface area contributed by atoms with E-state index in [9.17, 15) is 24.0 Å². The van der Waals surface area contributed by atoms with Crippen LogP contribution in [0.4, 0.5) is 0 Å². The fraction of sp³-hybridized carbons (Fsp3) is 0.412. The molecule has 3 atom stereocenters. The minimum Gasteiger partial charge on any atom is -0.359 e. The number of benzene rings is 2. The zero-order valence-corrected chi connectivity index (χ0v) is 25.9. The number of nitrogens with one attached hydrogen (secondary N) is 4. The maximum Gasteiger partial charge on any atom is 0.274 e. The quantitative estimate of drug-likeness (QED) is 0.335. The fourth-order valence-electron chi connectivity index (χ4n) is 5.84. The highest BCUT2D eigenvalue weighted by molar-refractivity contribution is 5.97. The zero-order valence-electron chi connectivity index (χ0n) is 25.9. The van der Waals surface area contributed by atoms with Gasteiger partial charge in [0.2, 0.25) is 23.6 Å². The van der Waals surface area contributed by atoms with Gasteiger partial charge in [-0.25, -0.2) is 0 Å². The first-order chi connectivity index (χ1) is 22.3. The summed E-state index contributed by atoms with van der Waals surface area (Å²) in [6, 6.07) is 16.9. The molecule has 1 aliphatic heterocycles. The SMILES string of the molecule is C[C@@H]1NC(=O)c2cc(on2)CN(C(=O)C2CCCC2)CCNC(=O)[C@@H](Cc2ccccc2)NC(=O)[C@H](Cc2ccccc2)NC1=O. The van der Waals surface area contributed by atoms with Crippen LogP contribution < -0.4 is 21.3 Å². The molecule has 0 spiro atoms. The molecule has 2 aliphatic rings. The summed E-state index contributed by atoms with van der Waals surface area (Å²) in [4.78, 5) is 68.7. The lowest BCUT2D eigenvalue weighted by molar-refractivity contribution is -0.136. The van der Waals surface area contributed by atoms with Gasteiger partial charge in [-0.3, -0.25) is 24.0 Å². The Morgan fingerprint density at radius 3 is 2.04 bits per heavy atom. The summed E-state index contributed by atoms with van der Waals surface area (Å²) < 4.78 is 5.41. The minimum absolute atomic E-state index is 0.0420. The summed E-state index contributed by atoms with van der Waals surface area (Å²) in [6.07, 6.45) is 3.91. The normalized spacial score (nSPS) is 22.2. The van der Waals surface area contributed by atoms with Gasteiger partial charge in [0.25, 0.3) is 5.91 Å². The molecule has 2 heterocycles. The first kappa shape index (κ1) is 32.4. The van der Waals surface area contributed by atoms with Crippen LogP contribution in [0.5, 0.6) is 0 Å². The van der Waals surface area contributed by atoms with Gasteiger partial charge in [-0.2, -0.15) is 0 Å². The Morgan fingerprint density at radius 2 is 1.41 bits per heavy atom.